The fraction of sp³-hybridized carbons (Fsp3) is 0.700. The molecule has 0 bridgehead atoms. The van der Waals surface area contributed by atoms with Crippen LogP contribution in [0.3, 0.4) is 0 Å². The molecule has 1 amide bonds. The van der Waals surface area contributed by atoms with Gasteiger partial charge in [-0.15, -0.1) is 0 Å². The third-order valence-corrected chi connectivity index (χ3v) is 2.51. The monoisotopic (exact) mass is 261 g/mol. The van der Waals surface area contributed by atoms with E-state index in [2.05, 4.69) is 15.9 Å². The Kier molecular flexibility index (Phi) is 3.59. The summed E-state index contributed by atoms with van der Waals surface area (Å²) >= 11 is 3.36. The summed E-state index contributed by atoms with van der Waals surface area (Å²) in [6.07, 6.45) is 3.75. The lowest BCUT2D eigenvalue weighted by atomic mass is 10.2. The van der Waals surface area contributed by atoms with Crippen LogP contribution < -0.4 is 0 Å². The molecule has 1 rings (SSSR count). The Morgan fingerprint density at radius 3 is 2.79 bits per heavy atom. The van der Waals surface area contributed by atoms with Crippen LogP contribution >= 0.6 is 15.9 Å². The van der Waals surface area contributed by atoms with Gasteiger partial charge < -0.3 is 4.74 Å². The van der Waals surface area contributed by atoms with Gasteiger partial charge in [-0.05, 0) is 20.8 Å². The van der Waals surface area contributed by atoms with Crippen molar-refractivity contribution in [3.8, 4) is 0 Å². The van der Waals surface area contributed by atoms with Gasteiger partial charge in [-0.25, -0.2) is 4.79 Å². The molecule has 0 aliphatic carbocycles. The molecule has 4 heteroatoms. The van der Waals surface area contributed by atoms with E-state index in [1.807, 2.05) is 32.9 Å². The summed E-state index contributed by atoms with van der Waals surface area (Å²) in [6, 6.07) is 0.129. The topological polar surface area (TPSA) is 29.5 Å². The number of alkyl halides is 1. The number of ether oxygens (including phenoxy) is 1. The van der Waals surface area contributed by atoms with Gasteiger partial charge in [0.1, 0.15) is 5.60 Å². The van der Waals surface area contributed by atoms with Gasteiger partial charge >= 0.3 is 6.09 Å². The average molecular weight is 262 g/mol. The second-order valence-electron chi connectivity index (χ2n) is 4.28. The molecule has 80 valence electrons. The van der Waals surface area contributed by atoms with E-state index in [9.17, 15) is 4.79 Å². The second-order valence-corrected chi connectivity index (χ2v) is 4.93. The molecule has 0 aromatic rings. The van der Waals surface area contributed by atoms with Crippen LogP contribution in [0.2, 0.25) is 0 Å². The lowest BCUT2D eigenvalue weighted by Gasteiger charge is -2.27. The number of rotatable bonds is 1. The van der Waals surface area contributed by atoms with E-state index in [4.69, 9.17) is 4.74 Å². The Bertz CT molecular complexity index is 245. The molecule has 0 N–H and O–H groups in total. The summed E-state index contributed by atoms with van der Waals surface area (Å²) < 4.78 is 5.28. The highest BCUT2D eigenvalue weighted by molar-refractivity contribution is 9.09. The van der Waals surface area contributed by atoms with Gasteiger partial charge in [-0.2, -0.15) is 0 Å². The maximum Gasteiger partial charge on any atom is 0.411 e. The third-order valence-electron chi connectivity index (χ3n) is 1.85. The molecule has 0 radical (unpaired) electrons. The summed E-state index contributed by atoms with van der Waals surface area (Å²) in [5, 5.41) is 0.753. The van der Waals surface area contributed by atoms with Crippen molar-refractivity contribution in [2.75, 3.05) is 11.9 Å². The number of amides is 1. The normalized spacial score (nSPS) is 21.4. The largest absolute Gasteiger partial charge is 0.444 e. The third kappa shape index (κ3) is 3.01. The molecule has 3 nitrogen and oxygen atoms in total. The maximum atomic E-state index is 11.7. The molecule has 0 aromatic carbocycles. The van der Waals surface area contributed by atoms with Crippen LogP contribution in [0.25, 0.3) is 0 Å². The van der Waals surface area contributed by atoms with Gasteiger partial charge in [0.05, 0.1) is 6.04 Å². The van der Waals surface area contributed by atoms with E-state index in [1.165, 1.54) is 0 Å². The van der Waals surface area contributed by atoms with Gasteiger partial charge in [0.25, 0.3) is 0 Å². The summed E-state index contributed by atoms with van der Waals surface area (Å²) in [6.45, 7) is 6.26. The number of hydrogen-bond donors (Lipinski definition) is 0. The smallest absolute Gasteiger partial charge is 0.411 e. The Balaban J connectivity index is 2.54. The van der Waals surface area contributed by atoms with Gasteiger partial charge in [-0.3, -0.25) is 4.90 Å². The molecule has 0 saturated carbocycles. The summed E-state index contributed by atoms with van der Waals surface area (Å²) in [7, 11) is 0. The maximum absolute atomic E-state index is 11.7. The lowest BCUT2D eigenvalue weighted by molar-refractivity contribution is 0.0256. The highest BCUT2D eigenvalue weighted by Gasteiger charge is 2.28. The molecule has 0 spiro atoms. The van der Waals surface area contributed by atoms with E-state index in [-0.39, 0.29) is 12.1 Å². The van der Waals surface area contributed by atoms with Crippen LogP contribution in [-0.4, -0.2) is 34.5 Å². The molecule has 0 fully saturated rings. The minimum atomic E-state index is -0.420. The zero-order valence-electron chi connectivity index (χ0n) is 8.79. The van der Waals surface area contributed by atoms with Crippen LogP contribution in [-0.2, 0) is 4.74 Å². The number of carbonyl (C=O) groups excluding carboxylic acids is 1. The van der Waals surface area contributed by atoms with Gasteiger partial charge in [0.2, 0.25) is 0 Å². The standard InChI is InChI=1S/C10H16BrNO2/c1-10(2,3)14-9(13)12-6-4-5-8(12)7-11/h4-5,8H,6-7H2,1-3H3. The molecule has 1 unspecified atom stereocenters. The van der Waals surface area contributed by atoms with Gasteiger partial charge in [0, 0.05) is 11.9 Å². The number of halogens is 1. The van der Waals surface area contributed by atoms with Crippen molar-refractivity contribution < 1.29 is 9.53 Å². The zero-order chi connectivity index (χ0) is 10.8. The number of nitrogens with zero attached hydrogens (tertiary/aromatic N) is 1. The predicted octanol–water partition coefficient (Wildman–Crippen LogP) is 2.56. The molecule has 0 aromatic heterocycles. The highest BCUT2D eigenvalue weighted by Crippen LogP contribution is 2.17. The first-order chi connectivity index (χ1) is 6.44. The minimum absolute atomic E-state index is 0.129. The van der Waals surface area contributed by atoms with Crippen molar-refractivity contribution in [3.63, 3.8) is 0 Å². The van der Waals surface area contributed by atoms with Crippen LogP contribution in [0.5, 0.6) is 0 Å². The second kappa shape index (κ2) is 4.34. The van der Waals surface area contributed by atoms with Gasteiger partial charge in [0.15, 0.2) is 0 Å². The fourth-order valence-corrected chi connectivity index (χ4v) is 1.80. The van der Waals surface area contributed by atoms with E-state index >= 15 is 0 Å². The van der Waals surface area contributed by atoms with Crippen LogP contribution in [0.4, 0.5) is 4.79 Å². The van der Waals surface area contributed by atoms with Crippen molar-refractivity contribution in [3.05, 3.63) is 12.2 Å². The van der Waals surface area contributed by atoms with Gasteiger partial charge in [-0.1, -0.05) is 28.1 Å². The molecular weight excluding hydrogens is 246 g/mol. The minimum Gasteiger partial charge on any atom is -0.444 e. The Hall–Kier alpha value is -0.510. The number of hydrogen-bond acceptors (Lipinski definition) is 2. The Morgan fingerprint density at radius 2 is 2.29 bits per heavy atom. The first kappa shape index (κ1) is 11.6. The van der Waals surface area contributed by atoms with Crippen molar-refractivity contribution in [1.82, 2.24) is 4.90 Å². The molecule has 1 aliphatic rings. The van der Waals surface area contributed by atoms with Crippen LogP contribution in [0, 0.1) is 0 Å². The summed E-state index contributed by atoms with van der Waals surface area (Å²) in [5.41, 5.74) is -0.420. The Morgan fingerprint density at radius 1 is 1.64 bits per heavy atom. The summed E-state index contributed by atoms with van der Waals surface area (Å²) in [4.78, 5) is 13.4. The first-order valence-corrected chi connectivity index (χ1v) is 5.78. The van der Waals surface area contributed by atoms with E-state index < -0.39 is 5.60 Å². The quantitative estimate of drug-likeness (QED) is 0.537. The average Bonchev–Trinajstić information content (AvgIpc) is 2.47. The number of carbonyl (C=O) groups is 1. The van der Waals surface area contributed by atoms with E-state index in [0.29, 0.717) is 6.54 Å². The zero-order valence-corrected chi connectivity index (χ0v) is 10.4. The SMILES string of the molecule is CC(C)(C)OC(=O)N1CC=CC1CBr. The molecule has 0 saturated heterocycles. The van der Waals surface area contributed by atoms with Crippen molar-refractivity contribution >= 4 is 22.0 Å². The molecule has 1 atom stereocenters. The highest BCUT2D eigenvalue weighted by atomic mass is 79.9. The molecular formula is C10H16BrNO2. The molecule has 1 aliphatic heterocycles. The predicted molar refractivity (Wildman–Crippen MR) is 59.7 cm³/mol. The van der Waals surface area contributed by atoms with E-state index in [0.717, 1.165) is 5.33 Å². The molecule has 1 heterocycles. The molecule has 14 heavy (non-hydrogen) atoms. The first-order valence-electron chi connectivity index (χ1n) is 4.66. The van der Waals surface area contributed by atoms with Crippen molar-refractivity contribution in [2.24, 2.45) is 0 Å². The fourth-order valence-electron chi connectivity index (χ4n) is 1.24. The Labute approximate surface area is 93.2 Å². The van der Waals surface area contributed by atoms with Crippen LogP contribution in [0.1, 0.15) is 20.8 Å². The summed E-state index contributed by atoms with van der Waals surface area (Å²) in [5.74, 6) is 0. The van der Waals surface area contributed by atoms with E-state index in [1.54, 1.807) is 4.90 Å². The lowest BCUT2D eigenvalue weighted by Crippen LogP contribution is -2.40. The van der Waals surface area contributed by atoms with Crippen molar-refractivity contribution in [2.45, 2.75) is 32.4 Å². The van der Waals surface area contributed by atoms with Crippen molar-refractivity contribution in [1.29, 1.82) is 0 Å². The van der Waals surface area contributed by atoms with Crippen LogP contribution in [0.15, 0.2) is 12.2 Å².